The summed E-state index contributed by atoms with van der Waals surface area (Å²) in [6.45, 7) is -5.79. The average molecular weight is 270 g/mol. The van der Waals surface area contributed by atoms with Gasteiger partial charge in [-0.15, -0.1) is 5.10 Å². The molecule has 0 atom stereocenters. The summed E-state index contributed by atoms with van der Waals surface area (Å²) < 4.78 is 41.9. The third-order valence-electron chi connectivity index (χ3n) is 2.33. The molecule has 1 aromatic heterocycles. The molecule has 0 bridgehead atoms. The summed E-state index contributed by atoms with van der Waals surface area (Å²) in [6, 6.07) is 9.58. The summed E-state index contributed by atoms with van der Waals surface area (Å²) >= 11 is 0. The zero-order valence-corrected chi connectivity index (χ0v) is 10.0. The molecule has 19 heavy (non-hydrogen) atoms. The number of benzene rings is 1. The third kappa shape index (κ3) is 4.74. The molecule has 0 aliphatic carbocycles. The number of halogens is 3. The lowest BCUT2D eigenvalue weighted by Crippen LogP contribution is -2.23. The predicted octanol–water partition coefficient (Wildman–Crippen LogP) is 2.23. The molecule has 0 saturated heterocycles. The first kappa shape index (κ1) is 13.6. The fourth-order valence-corrected chi connectivity index (χ4v) is 1.55. The Labute approximate surface area is 108 Å². The first-order valence-corrected chi connectivity index (χ1v) is 5.74. The van der Waals surface area contributed by atoms with Crippen molar-refractivity contribution in [1.29, 1.82) is 0 Å². The van der Waals surface area contributed by atoms with Crippen LogP contribution >= 0.6 is 0 Å². The van der Waals surface area contributed by atoms with Gasteiger partial charge in [-0.1, -0.05) is 35.5 Å². The molecule has 0 radical (unpaired) electrons. The number of nitrogens with zero attached hydrogens (tertiary/aromatic N) is 3. The van der Waals surface area contributed by atoms with Crippen LogP contribution in [0, 0.1) is 0 Å². The van der Waals surface area contributed by atoms with Crippen LogP contribution in [-0.4, -0.2) is 28.5 Å². The third-order valence-corrected chi connectivity index (χ3v) is 2.33. The van der Waals surface area contributed by atoms with Crippen molar-refractivity contribution in [2.45, 2.75) is 13.2 Å². The van der Waals surface area contributed by atoms with Crippen LogP contribution in [0.1, 0.15) is 11.3 Å². The Hall–Kier alpha value is -1.83. The molecule has 0 aliphatic rings. The van der Waals surface area contributed by atoms with Crippen molar-refractivity contribution >= 4 is 6.98 Å². The molecule has 8 heteroatoms. The fourth-order valence-electron chi connectivity index (χ4n) is 1.55. The number of aromatic nitrogens is 3. The van der Waals surface area contributed by atoms with Gasteiger partial charge in [-0.2, -0.15) is 0 Å². The van der Waals surface area contributed by atoms with Gasteiger partial charge in [0.15, 0.2) is 0 Å². The number of hydrogen-bond donors (Lipinski definition) is 0. The van der Waals surface area contributed by atoms with E-state index in [4.69, 9.17) is 0 Å². The van der Waals surface area contributed by atoms with Gasteiger partial charge in [0, 0.05) is 6.51 Å². The van der Waals surface area contributed by atoms with Crippen LogP contribution in [0.4, 0.5) is 12.9 Å². The van der Waals surface area contributed by atoms with E-state index in [0.717, 1.165) is 5.56 Å². The smallest absolute Gasteiger partial charge is 0.447 e. The summed E-state index contributed by atoms with van der Waals surface area (Å²) in [7, 11) is 0. The molecule has 0 N–H and O–H groups in total. The molecule has 2 aromatic rings. The first-order valence-electron chi connectivity index (χ1n) is 5.74. The minimum Gasteiger partial charge on any atom is -0.447 e. The highest BCUT2D eigenvalue weighted by atomic mass is 19.4. The highest BCUT2D eigenvalue weighted by molar-refractivity contribution is 6.58. The Kier molecular flexibility index (Phi) is 4.21. The van der Waals surface area contributed by atoms with Crippen molar-refractivity contribution in [3.8, 4) is 0 Å². The van der Waals surface area contributed by atoms with Gasteiger partial charge in [-0.05, 0) is 5.56 Å². The largest absolute Gasteiger partial charge is 0.503 e. The van der Waals surface area contributed by atoms with Crippen LogP contribution in [0.15, 0.2) is 36.5 Å². The van der Waals surface area contributed by atoms with Crippen molar-refractivity contribution in [2.75, 3.05) is 6.51 Å². The lowest BCUT2D eigenvalue weighted by Gasteiger charge is -2.12. The molecular weight excluding hydrogens is 258 g/mol. The summed E-state index contributed by atoms with van der Waals surface area (Å²) in [5, 5.41) is 7.60. The topological polar surface area (TPSA) is 39.9 Å². The van der Waals surface area contributed by atoms with Crippen molar-refractivity contribution in [1.82, 2.24) is 15.0 Å². The second-order valence-corrected chi connectivity index (χ2v) is 4.12. The lowest BCUT2D eigenvalue weighted by molar-refractivity contribution is 0.135. The lowest BCUT2D eigenvalue weighted by atomic mass is 9.95. The van der Waals surface area contributed by atoms with Crippen molar-refractivity contribution in [3.05, 3.63) is 47.8 Å². The maximum absolute atomic E-state index is 11.9. The van der Waals surface area contributed by atoms with E-state index < -0.39 is 13.5 Å². The van der Waals surface area contributed by atoms with Crippen LogP contribution in [0.5, 0.6) is 0 Å². The van der Waals surface area contributed by atoms with E-state index in [0.29, 0.717) is 12.2 Å². The fraction of sp³-hybridized carbons (Fsp3) is 0.273. The van der Waals surface area contributed by atoms with Crippen molar-refractivity contribution in [3.63, 3.8) is 0 Å². The Bertz CT molecular complexity index is 515. The van der Waals surface area contributed by atoms with Gasteiger partial charge in [0.25, 0.3) is 0 Å². The van der Waals surface area contributed by atoms with E-state index in [1.54, 1.807) is 10.9 Å². The second-order valence-electron chi connectivity index (χ2n) is 4.12. The molecular formula is C11H12BF3N3O-. The highest BCUT2D eigenvalue weighted by Gasteiger charge is 2.23. The Morgan fingerprint density at radius 1 is 1.16 bits per heavy atom. The molecule has 1 aromatic carbocycles. The summed E-state index contributed by atoms with van der Waals surface area (Å²) in [5.41, 5.74) is 1.43. The Morgan fingerprint density at radius 3 is 2.58 bits per heavy atom. The molecule has 0 amide bonds. The predicted molar refractivity (Wildman–Crippen MR) is 64.3 cm³/mol. The van der Waals surface area contributed by atoms with E-state index >= 15 is 0 Å². The monoisotopic (exact) mass is 270 g/mol. The molecule has 4 nitrogen and oxygen atoms in total. The molecule has 102 valence electrons. The van der Waals surface area contributed by atoms with Crippen molar-refractivity contribution in [2.24, 2.45) is 0 Å². The van der Waals surface area contributed by atoms with Gasteiger partial charge >= 0.3 is 6.98 Å². The van der Waals surface area contributed by atoms with Crippen LogP contribution in [0.2, 0.25) is 0 Å². The summed E-state index contributed by atoms with van der Waals surface area (Å²) in [5.74, 6) is 0. The molecule has 0 aliphatic heterocycles. The molecule has 0 unspecified atom stereocenters. The van der Waals surface area contributed by atoms with Gasteiger partial charge in [0.05, 0.1) is 19.3 Å². The number of rotatable bonds is 6. The Balaban J connectivity index is 1.86. The van der Waals surface area contributed by atoms with E-state index in [1.807, 2.05) is 30.3 Å². The Morgan fingerprint density at radius 2 is 1.89 bits per heavy atom. The SMILES string of the molecule is F[B-](F)(F)COCc1cn(Cc2ccccc2)nn1. The minimum absolute atomic E-state index is 0.184. The van der Waals surface area contributed by atoms with Crippen LogP contribution in [-0.2, 0) is 17.9 Å². The van der Waals surface area contributed by atoms with E-state index in [9.17, 15) is 12.9 Å². The first-order chi connectivity index (χ1) is 9.03. The molecule has 1 heterocycles. The maximum atomic E-state index is 11.9. The molecule has 2 rings (SSSR count). The normalized spacial score (nSPS) is 11.7. The molecule has 0 fully saturated rings. The van der Waals surface area contributed by atoms with Gasteiger partial charge in [-0.25, -0.2) is 4.68 Å². The minimum atomic E-state index is -4.91. The van der Waals surface area contributed by atoms with Gasteiger partial charge in [0.2, 0.25) is 0 Å². The zero-order chi connectivity index (χ0) is 13.7. The zero-order valence-electron chi connectivity index (χ0n) is 10.0. The van der Waals surface area contributed by atoms with Gasteiger partial charge < -0.3 is 17.7 Å². The maximum Gasteiger partial charge on any atom is 0.503 e. The standard InChI is InChI=1S/C11H12BF3N3O/c13-12(14,15)9-19-8-11-7-18(17-16-11)6-10-4-2-1-3-5-10/h1-5,7H,6,8-9H2/q-1. The van der Waals surface area contributed by atoms with Crippen LogP contribution in [0.25, 0.3) is 0 Å². The summed E-state index contributed by atoms with van der Waals surface area (Å²) in [6.07, 6.45) is 1.58. The molecule has 0 spiro atoms. The summed E-state index contributed by atoms with van der Waals surface area (Å²) in [4.78, 5) is 0. The van der Waals surface area contributed by atoms with E-state index in [-0.39, 0.29) is 6.61 Å². The van der Waals surface area contributed by atoms with Gasteiger partial charge in [0.1, 0.15) is 5.69 Å². The number of hydrogen-bond acceptors (Lipinski definition) is 3. The van der Waals surface area contributed by atoms with Crippen LogP contribution < -0.4 is 0 Å². The second kappa shape index (κ2) is 5.88. The highest BCUT2D eigenvalue weighted by Crippen LogP contribution is 2.09. The quantitative estimate of drug-likeness (QED) is 0.755. The van der Waals surface area contributed by atoms with Gasteiger partial charge in [-0.3, -0.25) is 0 Å². The number of ether oxygens (including phenoxy) is 1. The van der Waals surface area contributed by atoms with E-state index in [1.165, 1.54) is 0 Å². The van der Waals surface area contributed by atoms with E-state index in [2.05, 4.69) is 15.0 Å². The molecule has 0 saturated carbocycles. The van der Waals surface area contributed by atoms with Crippen LogP contribution in [0.3, 0.4) is 0 Å². The van der Waals surface area contributed by atoms with Crippen molar-refractivity contribution < 1.29 is 17.7 Å². The average Bonchev–Trinajstić information content (AvgIpc) is 2.76.